The van der Waals surface area contributed by atoms with Gasteiger partial charge in [0.25, 0.3) is 0 Å². The van der Waals surface area contributed by atoms with Gasteiger partial charge in [0.1, 0.15) is 13.2 Å². The molecule has 0 aromatic carbocycles. The van der Waals surface area contributed by atoms with Gasteiger partial charge in [0.05, 0.1) is 0 Å². The van der Waals surface area contributed by atoms with Crippen LogP contribution < -0.4 is 0 Å². The number of unbranched alkanes of at least 4 members (excludes halogenated alkanes) is 18. The minimum atomic E-state index is -0.784. The largest absolute Gasteiger partial charge is 0.462 e. The SMILES string of the molecule is CC/C=C\C/C=C\CCCCC(=O)OC(COC(=O)CCCCCCC/C=C\CCCCC)COC(=O)CCCCCCCCCCC. The van der Waals surface area contributed by atoms with Crippen LogP contribution in [0.5, 0.6) is 0 Å². The van der Waals surface area contributed by atoms with Gasteiger partial charge in [-0.15, -0.1) is 0 Å². The van der Waals surface area contributed by atoms with E-state index in [0.29, 0.717) is 19.3 Å². The molecule has 0 bridgehead atoms. The van der Waals surface area contributed by atoms with Crippen LogP contribution in [0.1, 0.15) is 194 Å². The fourth-order valence-corrected chi connectivity index (χ4v) is 5.35. The lowest BCUT2D eigenvalue weighted by molar-refractivity contribution is -0.167. The second kappa shape index (κ2) is 37.4. The molecule has 0 rings (SSSR count). The summed E-state index contributed by atoms with van der Waals surface area (Å²) in [5, 5.41) is 0. The molecule has 6 heteroatoms. The molecule has 6 nitrogen and oxygen atoms in total. The first-order chi connectivity index (χ1) is 23.5. The summed E-state index contributed by atoms with van der Waals surface area (Å²) in [6.45, 7) is 6.40. The van der Waals surface area contributed by atoms with E-state index in [-0.39, 0.29) is 37.5 Å². The summed E-state index contributed by atoms with van der Waals surface area (Å²) in [6.07, 6.45) is 40.0. The van der Waals surface area contributed by atoms with Gasteiger partial charge in [0, 0.05) is 19.3 Å². The Morgan fingerprint density at radius 1 is 0.438 bits per heavy atom. The molecule has 48 heavy (non-hydrogen) atoms. The van der Waals surface area contributed by atoms with Crippen LogP contribution in [0, 0.1) is 0 Å². The van der Waals surface area contributed by atoms with Crippen LogP contribution in [-0.2, 0) is 28.6 Å². The molecule has 0 heterocycles. The predicted octanol–water partition coefficient (Wildman–Crippen LogP) is 12.2. The average molecular weight is 675 g/mol. The molecule has 0 aromatic heterocycles. The number of hydrogen-bond acceptors (Lipinski definition) is 6. The number of ether oxygens (including phenoxy) is 3. The molecule has 0 saturated heterocycles. The molecule has 0 radical (unpaired) electrons. The van der Waals surface area contributed by atoms with Gasteiger partial charge < -0.3 is 14.2 Å². The highest BCUT2D eigenvalue weighted by molar-refractivity contribution is 5.71. The van der Waals surface area contributed by atoms with Crippen LogP contribution >= 0.6 is 0 Å². The predicted molar refractivity (Wildman–Crippen MR) is 201 cm³/mol. The quantitative estimate of drug-likeness (QED) is 0.0288. The molecule has 0 saturated carbocycles. The third kappa shape index (κ3) is 35.0. The van der Waals surface area contributed by atoms with Gasteiger partial charge in [-0.25, -0.2) is 0 Å². The summed E-state index contributed by atoms with van der Waals surface area (Å²) in [4.78, 5) is 37.4. The molecule has 0 fully saturated rings. The minimum Gasteiger partial charge on any atom is -0.462 e. The Bertz CT molecular complexity index is 830. The molecule has 0 N–H and O–H groups in total. The summed E-state index contributed by atoms with van der Waals surface area (Å²) < 4.78 is 16.5. The van der Waals surface area contributed by atoms with E-state index in [1.54, 1.807) is 0 Å². The first-order valence-corrected chi connectivity index (χ1v) is 20.0. The number of carbonyl (C=O) groups is 3. The van der Waals surface area contributed by atoms with Gasteiger partial charge in [-0.1, -0.05) is 141 Å². The summed E-state index contributed by atoms with van der Waals surface area (Å²) in [7, 11) is 0. The van der Waals surface area contributed by atoms with Crippen molar-refractivity contribution in [2.24, 2.45) is 0 Å². The Balaban J connectivity index is 4.40. The number of rotatable bonds is 35. The molecule has 0 amide bonds. The van der Waals surface area contributed by atoms with E-state index in [4.69, 9.17) is 14.2 Å². The van der Waals surface area contributed by atoms with Gasteiger partial charge in [0.15, 0.2) is 6.10 Å². The Hall–Kier alpha value is -2.37. The summed E-state index contributed by atoms with van der Waals surface area (Å²) in [5.74, 6) is -0.942. The van der Waals surface area contributed by atoms with Gasteiger partial charge >= 0.3 is 17.9 Å². The second-order valence-corrected chi connectivity index (χ2v) is 13.2. The monoisotopic (exact) mass is 675 g/mol. The zero-order valence-electron chi connectivity index (χ0n) is 31.5. The van der Waals surface area contributed by atoms with Crippen molar-refractivity contribution in [2.45, 2.75) is 200 Å². The van der Waals surface area contributed by atoms with Crippen molar-refractivity contribution in [3.8, 4) is 0 Å². The standard InChI is InChI=1S/C42H74O6/c1-4-7-10-13-16-19-20-21-24-26-29-32-35-41(44)47-38-39(48-42(45)36-33-30-27-23-18-15-12-9-6-3)37-46-40(43)34-31-28-25-22-17-14-11-8-5-2/h9,12,16,18-19,23,39H,4-8,10-11,13-15,17,20-22,24-38H2,1-3H3/b12-9-,19-16-,23-18-. The molecule has 0 aliphatic heterocycles. The summed E-state index contributed by atoms with van der Waals surface area (Å²) in [5.41, 5.74) is 0. The highest BCUT2D eigenvalue weighted by Gasteiger charge is 2.19. The van der Waals surface area contributed by atoms with Gasteiger partial charge in [-0.05, 0) is 70.6 Å². The van der Waals surface area contributed by atoms with Crippen LogP contribution in [0.2, 0.25) is 0 Å². The molecule has 1 unspecified atom stereocenters. The third-order valence-corrected chi connectivity index (χ3v) is 8.38. The molecular formula is C42H74O6. The van der Waals surface area contributed by atoms with Crippen molar-refractivity contribution in [1.82, 2.24) is 0 Å². The van der Waals surface area contributed by atoms with Gasteiger partial charge in [-0.2, -0.15) is 0 Å². The lowest BCUT2D eigenvalue weighted by atomic mass is 10.1. The lowest BCUT2D eigenvalue weighted by Gasteiger charge is -2.18. The van der Waals surface area contributed by atoms with E-state index >= 15 is 0 Å². The van der Waals surface area contributed by atoms with Crippen LogP contribution in [0.15, 0.2) is 36.5 Å². The number of esters is 3. The van der Waals surface area contributed by atoms with Crippen molar-refractivity contribution in [3.05, 3.63) is 36.5 Å². The fourth-order valence-electron chi connectivity index (χ4n) is 5.35. The third-order valence-electron chi connectivity index (χ3n) is 8.38. The number of carbonyl (C=O) groups excluding carboxylic acids is 3. The van der Waals surface area contributed by atoms with E-state index < -0.39 is 6.10 Å². The van der Waals surface area contributed by atoms with Crippen molar-refractivity contribution >= 4 is 17.9 Å². The molecule has 0 spiro atoms. The highest BCUT2D eigenvalue weighted by Crippen LogP contribution is 2.13. The molecule has 278 valence electrons. The molecule has 0 aromatic rings. The minimum absolute atomic E-state index is 0.0870. The Labute approximate surface area is 295 Å². The highest BCUT2D eigenvalue weighted by atomic mass is 16.6. The maximum absolute atomic E-state index is 12.6. The van der Waals surface area contributed by atoms with Gasteiger partial charge in [-0.3, -0.25) is 14.4 Å². The number of hydrogen-bond donors (Lipinski definition) is 0. The van der Waals surface area contributed by atoms with Crippen LogP contribution in [0.3, 0.4) is 0 Å². The topological polar surface area (TPSA) is 78.9 Å². The van der Waals surface area contributed by atoms with E-state index in [1.165, 1.54) is 77.0 Å². The van der Waals surface area contributed by atoms with E-state index in [2.05, 4.69) is 57.2 Å². The second-order valence-electron chi connectivity index (χ2n) is 13.2. The molecule has 0 aliphatic carbocycles. The smallest absolute Gasteiger partial charge is 0.306 e. The van der Waals surface area contributed by atoms with Crippen molar-refractivity contribution in [1.29, 1.82) is 0 Å². The van der Waals surface area contributed by atoms with Crippen molar-refractivity contribution in [2.75, 3.05) is 13.2 Å². The Morgan fingerprint density at radius 3 is 1.35 bits per heavy atom. The Kier molecular flexibility index (Phi) is 35.6. The maximum atomic E-state index is 12.6. The normalized spacial score (nSPS) is 12.3. The van der Waals surface area contributed by atoms with Crippen molar-refractivity contribution < 1.29 is 28.6 Å². The zero-order valence-corrected chi connectivity index (χ0v) is 31.5. The van der Waals surface area contributed by atoms with Crippen molar-refractivity contribution in [3.63, 3.8) is 0 Å². The molecule has 0 aliphatic rings. The Morgan fingerprint density at radius 2 is 0.812 bits per heavy atom. The van der Waals surface area contributed by atoms with E-state index in [9.17, 15) is 14.4 Å². The summed E-state index contributed by atoms with van der Waals surface area (Å²) in [6, 6.07) is 0. The van der Waals surface area contributed by atoms with Crippen LogP contribution in [0.4, 0.5) is 0 Å². The average Bonchev–Trinajstić information content (AvgIpc) is 3.08. The fraction of sp³-hybridized carbons (Fsp3) is 0.786. The molecule has 1 atom stereocenters. The van der Waals surface area contributed by atoms with Crippen LogP contribution in [0.25, 0.3) is 0 Å². The van der Waals surface area contributed by atoms with E-state index in [1.807, 2.05) is 0 Å². The van der Waals surface area contributed by atoms with Crippen LogP contribution in [-0.4, -0.2) is 37.2 Å². The molecular weight excluding hydrogens is 600 g/mol. The maximum Gasteiger partial charge on any atom is 0.306 e. The first-order valence-electron chi connectivity index (χ1n) is 20.0. The zero-order chi connectivity index (χ0) is 35.2. The summed E-state index contributed by atoms with van der Waals surface area (Å²) >= 11 is 0. The van der Waals surface area contributed by atoms with E-state index in [0.717, 1.165) is 70.6 Å². The lowest BCUT2D eigenvalue weighted by Crippen LogP contribution is -2.30. The number of allylic oxidation sites excluding steroid dienone is 6. The van der Waals surface area contributed by atoms with Gasteiger partial charge in [0.2, 0.25) is 0 Å². The first kappa shape index (κ1) is 45.6.